The number of carboxylic acid groups (broad SMARTS) is 1. The number of rotatable bonds is 5. The Morgan fingerprint density at radius 2 is 1.88 bits per heavy atom. The van der Waals surface area contributed by atoms with E-state index in [1.165, 1.54) is 0 Å². The number of hydrogen-bond donors (Lipinski definition) is 4. The molecule has 0 radical (unpaired) electrons. The van der Waals surface area contributed by atoms with Crippen molar-refractivity contribution >= 4 is 17.7 Å². The molecular formula is C25H35NO6. The van der Waals surface area contributed by atoms with E-state index in [1.54, 1.807) is 0 Å². The van der Waals surface area contributed by atoms with Crippen LogP contribution >= 0.6 is 0 Å². The molecule has 3 rings (SSSR count). The molecule has 0 aromatic carbocycles. The lowest BCUT2D eigenvalue weighted by molar-refractivity contribution is -0.158. The molecule has 1 saturated carbocycles. The molecule has 3 aliphatic rings. The van der Waals surface area contributed by atoms with Gasteiger partial charge in [-0.1, -0.05) is 37.6 Å². The Labute approximate surface area is 189 Å². The third-order valence-corrected chi connectivity index (χ3v) is 7.68. The number of nitrogens with one attached hydrogen (secondary N) is 1. The summed E-state index contributed by atoms with van der Waals surface area (Å²) in [6.07, 6.45) is 7.85. The predicted molar refractivity (Wildman–Crippen MR) is 120 cm³/mol. The minimum Gasteiger partial charge on any atom is -0.511 e. The van der Waals surface area contributed by atoms with Gasteiger partial charge >= 0.3 is 5.97 Å². The number of aliphatic carboxylic acids is 1. The Balaban J connectivity index is 2.04. The Kier molecular flexibility index (Phi) is 6.70. The first-order chi connectivity index (χ1) is 14.9. The largest absolute Gasteiger partial charge is 0.511 e. The zero-order chi connectivity index (χ0) is 24.0. The van der Waals surface area contributed by atoms with E-state index in [-0.39, 0.29) is 29.1 Å². The van der Waals surface area contributed by atoms with Crippen molar-refractivity contribution in [2.24, 2.45) is 35.5 Å². The Morgan fingerprint density at radius 3 is 2.47 bits per heavy atom. The lowest BCUT2D eigenvalue weighted by Gasteiger charge is -2.47. The fourth-order valence-electron chi connectivity index (χ4n) is 5.98. The van der Waals surface area contributed by atoms with E-state index >= 15 is 0 Å². The zero-order valence-corrected chi connectivity index (χ0v) is 19.5. The van der Waals surface area contributed by atoms with Crippen LogP contribution in [-0.4, -0.2) is 44.6 Å². The molecule has 4 N–H and O–H groups in total. The second-order valence-electron chi connectivity index (χ2n) is 10.2. The van der Waals surface area contributed by atoms with Gasteiger partial charge in [-0.3, -0.25) is 9.59 Å². The van der Waals surface area contributed by atoms with Gasteiger partial charge in [-0.25, -0.2) is 4.79 Å². The van der Waals surface area contributed by atoms with Crippen molar-refractivity contribution < 1.29 is 29.7 Å². The van der Waals surface area contributed by atoms with E-state index in [0.29, 0.717) is 11.8 Å². The number of fused-ring (bicyclic) bond motifs is 1. The van der Waals surface area contributed by atoms with Gasteiger partial charge in [0, 0.05) is 18.3 Å². The van der Waals surface area contributed by atoms with Gasteiger partial charge in [-0.05, 0) is 57.3 Å². The van der Waals surface area contributed by atoms with Gasteiger partial charge < -0.3 is 20.6 Å². The first kappa shape index (κ1) is 24.2. The molecule has 32 heavy (non-hydrogen) atoms. The standard InChI is InChI=1S/C25H35NO6/c1-6-13(3)16-8-7-15-10-12(2)9-14(4)18(15)19(16)22(28)20-21(27)17(26-23(20)29)11-25(5,32)24(30)31/h6-8,12,14-19,28,32H,9-11H2,1-5H3,(H,26,29)(H,30,31)/b13-6+,22-20-/t12-,14+,15-,16+,17-,18-,19-,25-/m0/s1. The molecule has 1 aliphatic heterocycles. The number of aliphatic hydroxyl groups excluding tert-OH is 1. The smallest absolute Gasteiger partial charge is 0.335 e. The summed E-state index contributed by atoms with van der Waals surface area (Å²) in [4.78, 5) is 37.1. The molecule has 176 valence electrons. The van der Waals surface area contributed by atoms with Crippen LogP contribution in [0.1, 0.15) is 53.9 Å². The summed E-state index contributed by atoms with van der Waals surface area (Å²) < 4.78 is 0. The molecule has 1 amide bonds. The first-order valence-corrected chi connectivity index (χ1v) is 11.4. The number of Topliss-reactive ketones (excluding diaryl/α,β-unsaturated/α-hetero) is 1. The Hall–Kier alpha value is -2.41. The summed E-state index contributed by atoms with van der Waals surface area (Å²) in [5, 5.41) is 33.2. The number of amides is 1. The molecule has 2 fully saturated rings. The molecule has 0 aromatic heterocycles. The SMILES string of the molecule is C/C=C(\C)[C@H]1C=C[C@H]2C[C@@H](C)C[C@@H](C)[C@@H]2[C@H]1/C(O)=C1/C(=O)N[C@@H](C[C@](C)(O)C(=O)O)C1=O. The van der Waals surface area contributed by atoms with Crippen molar-refractivity contribution in [3.8, 4) is 0 Å². The number of carbonyl (C=O) groups is 3. The van der Waals surface area contributed by atoms with Crippen LogP contribution in [-0.2, 0) is 14.4 Å². The van der Waals surface area contributed by atoms with Gasteiger partial charge in [0.2, 0.25) is 0 Å². The van der Waals surface area contributed by atoms with Crippen LogP contribution in [0.3, 0.4) is 0 Å². The fourth-order valence-corrected chi connectivity index (χ4v) is 5.98. The van der Waals surface area contributed by atoms with Crippen LogP contribution in [0.2, 0.25) is 0 Å². The molecule has 2 aliphatic carbocycles. The average Bonchev–Trinajstić information content (AvgIpc) is 2.98. The molecule has 0 bridgehead atoms. The number of ketones is 1. The van der Waals surface area contributed by atoms with Crippen molar-refractivity contribution in [2.75, 3.05) is 0 Å². The molecule has 0 aromatic rings. The highest BCUT2D eigenvalue weighted by Gasteiger charge is 2.49. The maximum Gasteiger partial charge on any atom is 0.335 e. The van der Waals surface area contributed by atoms with E-state index in [9.17, 15) is 29.7 Å². The summed E-state index contributed by atoms with van der Waals surface area (Å²) >= 11 is 0. The van der Waals surface area contributed by atoms with Gasteiger partial charge in [-0.15, -0.1) is 0 Å². The molecule has 7 heteroatoms. The van der Waals surface area contributed by atoms with Gasteiger partial charge in [0.1, 0.15) is 11.3 Å². The van der Waals surface area contributed by atoms with Gasteiger partial charge in [0.25, 0.3) is 5.91 Å². The minimum absolute atomic E-state index is 0.0883. The molecule has 0 unspecified atom stereocenters. The fraction of sp³-hybridized carbons (Fsp3) is 0.640. The van der Waals surface area contributed by atoms with Crippen molar-refractivity contribution in [2.45, 2.75) is 65.5 Å². The second-order valence-corrected chi connectivity index (χ2v) is 10.2. The van der Waals surface area contributed by atoms with E-state index in [1.807, 2.05) is 19.9 Å². The van der Waals surface area contributed by atoms with Gasteiger partial charge in [0.05, 0.1) is 6.04 Å². The molecule has 7 nitrogen and oxygen atoms in total. The van der Waals surface area contributed by atoms with Crippen molar-refractivity contribution in [3.05, 3.63) is 35.1 Å². The Morgan fingerprint density at radius 1 is 1.22 bits per heavy atom. The third-order valence-electron chi connectivity index (χ3n) is 7.68. The molecule has 8 atom stereocenters. The topological polar surface area (TPSA) is 124 Å². The van der Waals surface area contributed by atoms with Crippen LogP contribution in [0.5, 0.6) is 0 Å². The van der Waals surface area contributed by atoms with Crippen LogP contribution in [0.4, 0.5) is 0 Å². The number of hydrogen-bond acceptors (Lipinski definition) is 5. The number of aliphatic hydroxyl groups is 2. The van der Waals surface area contributed by atoms with Crippen molar-refractivity contribution in [1.29, 1.82) is 0 Å². The Bertz CT molecular complexity index is 898. The summed E-state index contributed by atoms with van der Waals surface area (Å²) in [5.74, 6) is -2.39. The molecule has 1 saturated heterocycles. The second kappa shape index (κ2) is 8.85. The van der Waals surface area contributed by atoms with Crippen LogP contribution in [0.15, 0.2) is 35.1 Å². The quantitative estimate of drug-likeness (QED) is 0.223. The van der Waals surface area contributed by atoms with Gasteiger partial charge in [-0.2, -0.15) is 0 Å². The predicted octanol–water partition coefficient (Wildman–Crippen LogP) is 3.16. The summed E-state index contributed by atoms with van der Waals surface area (Å²) in [6, 6.07) is -1.19. The van der Waals surface area contributed by atoms with Gasteiger partial charge in [0.15, 0.2) is 11.4 Å². The normalized spacial score (nSPS) is 38.7. The van der Waals surface area contributed by atoms with E-state index in [4.69, 9.17) is 0 Å². The maximum absolute atomic E-state index is 13.1. The van der Waals surface area contributed by atoms with E-state index < -0.39 is 41.6 Å². The third kappa shape index (κ3) is 4.27. The van der Waals surface area contributed by atoms with Crippen LogP contribution in [0.25, 0.3) is 0 Å². The van der Waals surface area contributed by atoms with Crippen molar-refractivity contribution in [3.63, 3.8) is 0 Å². The lowest BCUT2D eigenvalue weighted by atomic mass is 9.57. The lowest BCUT2D eigenvalue weighted by Crippen LogP contribution is -2.43. The number of carbonyl (C=O) groups excluding carboxylic acids is 2. The molecular weight excluding hydrogens is 410 g/mol. The van der Waals surface area contributed by atoms with E-state index in [2.05, 4.69) is 31.3 Å². The van der Waals surface area contributed by atoms with Crippen LogP contribution < -0.4 is 5.32 Å². The highest BCUT2D eigenvalue weighted by molar-refractivity contribution is 6.27. The first-order valence-electron chi connectivity index (χ1n) is 11.4. The zero-order valence-electron chi connectivity index (χ0n) is 19.5. The summed E-state index contributed by atoms with van der Waals surface area (Å²) in [6.45, 7) is 9.40. The highest BCUT2D eigenvalue weighted by atomic mass is 16.4. The summed E-state index contributed by atoms with van der Waals surface area (Å²) in [7, 11) is 0. The van der Waals surface area contributed by atoms with E-state index in [0.717, 1.165) is 25.3 Å². The maximum atomic E-state index is 13.1. The molecule has 1 heterocycles. The number of allylic oxidation sites excluding steroid dienone is 5. The highest BCUT2D eigenvalue weighted by Crippen LogP contribution is 2.51. The average molecular weight is 446 g/mol. The summed E-state index contributed by atoms with van der Waals surface area (Å²) in [5.41, 5.74) is -1.41. The molecule has 0 spiro atoms. The number of carboxylic acids is 1. The minimum atomic E-state index is -2.17. The monoisotopic (exact) mass is 445 g/mol. The van der Waals surface area contributed by atoms with Crippen molar-refractivity contribution in [1.82, 2.24) is 5.32 Å². The van der Waals surface area contributed by atoms with Crippen LogP contribution in [0, 0.1) is 35.5 Å².